The van der Waals surface area contributed by atoms with Crippen LogP contribution in [0.3, 0.4) is 0 Å². The number of benzene rings is 2. The lowest BCUT2D eigenvalue weighted by atomic mass is 9.95. The van der Waals surface area contributed by atoms with Gasteiger partial charge in [-0.2, -0.15) is 0 Å². The van der Waals surface area contributed by atoms with Gasteiger partial charge in [-0.1, -0.05) is 22.0 Å². The number of methoxy groups -OCH3 is 1. The average Bonchev–Trinajstić information content (AvgIpc) is 2.83. The number of aliphatic hydroxyl groups is 5. The molecule has 0 spiro atoms. The summed E-state index contributed by atoms with van der Waals surface area (Å²) in [5.41, 5.74) is 2.17. The Morgan fingerprint density at radius 2 is 1.82 bits per heavy atom. The van der Waals surface area contributed by atoms with E-state index < -0.39 is 37.2 Å². The SMILES string of the molecule is COc1cc2c(Nc3ccc(C)c(Br)c3)ncnc2cc1C(O)[C@@H](F)[C@H](O)[C@@H](O)[C@H](O)CO. The Morgan fingerprint density at radius 3 is 2.45 bits per heavy atom. The predicted molar refractivity (Wildman–Crippen MR) is 123 cm³/mol. The molecule has 3 aromatic rings. The zero-order valence-corrected chi connectivity index (χ0v) is 19.4. The summed E-state index contributed by atoms with van der Waals surface area (Å²) in [5, 5.41) is 52.5. The van der Waals surface area contributed by atoms with Crippen LogP contribution in [-0.4, -0.2) is 73.7 Å². The first-order chi connectivity index (χ1) is 15.7. The van der Waals surface area contributed by atoms with E-state index in [4.69, 9.17) is 9.84 Å². The Labute approximate surface area is 197 Å². The monoisotopic (exact) mass is 525 g/mol. The van der Waals surface area contributed by atoms with Gasteiger partial charge in [-0.25, -0.2) is 14.4 Å². The van der Waals surface area contributed by atoms with Crippen LogP contribution < -0.4 is 10.1 Å². The lowest BCUT2D eigenvalue weighted by Crippen LogP contribution is -2.46. The van der Waals surface area contributed by atoms with Gasteiger partial charge in [0.1, 0.15) is 42.3 Å². The highest BCUT2D eigenvalue weighted by Gasteiger charge is 2.37. The molecule has 1 aromatic heterocycles. The van der Waals surface area contributed by atoms with Gasteiger partial charge in [0.25, 0.3) is 0 Å². The molecule has 1 heterocycles. The minimum atomic E-state index is -2.39. The van der Waals surface area contributed by atoms with Crippen molar-refractivity contribution in [3.8, 4) is 5.75 Å². The topological polar surface area (TPSA) is 148 Å². The molecule has 0 bridgehead atoms. The maximum atomic E-state index is 14.8. The molecule has 11 heteroatoms. The first kappa shape index (κ1) is 25.2. The molecule has 0 radical (unpaired) electrons. The summed E-state index contributed by atoms with van der Waals surface area (Å²) in [6, 6.07) is 8.62. The van der Waals surface area contributed by atoms with Gasteiger partial charge in [0.2, 0.25) is 0 Å². The van der Waals surface area contributed by atoms with Crippen molar-refractivity contribution in [2.75, 3.05) is 19.0 Å². The zero-order chi connectivity index (χ0) is 24.3. The fourth-order valence-corrected chi connectivity index (χ4v) is 3.68. The van der Waals surface area contributed by atoms with Crippen LogP contribution in [0.15, 0.2) is 41.1 Å². The van der Waals surface area contributed by atoms with Gasteiger partial charge >= 0.3 is 0 Å². The molecular formula is C22H25BrFN3O6. The van der Waals surface area contributed by atoms with Crippen molar-refractivity contribution in [2.45, 2.75) is 37.5 Å². The van der Waals surface area contributed by atoms with E-state index in [0.717, 1.165) is 15.7 Å². The lowest BCUT2D eigenvalue weighted by molar-refractivity contribution is -0.119. The summed E-state index contributed by atoms with van der Waals surface area (Å²) >= 11 is 3.48. The fourth-order valence-electron chi connectivity index (χ4n) is 3.30. The molecule has 0 aliphatic carbocycles. The zero-order valence-electron chi connectivity index (χ0n) is 17.9. The Morgan fingerprint density at radius 1 is 1.09 bits per heavy atom. The highest BCUT2D eigenvalue weighted by atomic mass is 79.9. The lowest BCUT2D eigenvalue weighted by Gasteiger charge is -2.27. The number of alkyl halides is 1. The summed E-state index contributed by atoms with van der Waals surface area (Å²) < 4.78 is 21.1. The molecule has 178 valence electrons. The molecule has 5 atom stereocenters. The average molecular weight is 526 g/mol. The molecule has 9 nitrogen and oxygen atoms in total. The Balaban J connectivity index is 1.97. The van der Waals surface area contributed by atoms with E-state index in [1.54, 1.807) is 0 Å². The number of nitrogens with zero attached hydrogens (tertiary/aromatic N) is 2. The van der Waals surface area contributed by atoms with Gasteiger partial charge in [-0.05, 0) is 36.8 Å². The molecule has 0 saturated carbocycles. The number of hydrogen-bond acceptors (Lipinski definition) is 9. The van der Waals surface area contributed by atoms with Gasteiger partial charge in [-0.15, -0.1) is 0 Å². The fraction of sp³-hybridized carbons (Fsp3) is 0.364. The van der Waals surface area contributed by atoms with Gasteiger partial charge in [0.05, 0.1) is 19.2 Å². The third kappa shape index (κ3) is 5.40. The molecule has 33 heavy (non-hydrogen) atoms. The highest BCUT2D eigenvalue weighted by molar-refractivity contribution is 9.10. The van der Waals surface area contributed by atoms with E-state index in [1.807, 2.05) is 25.1 Å². The standard InChI is InChI=1S/C22H25BrFN3O6/c1-10-3-4-11(5-14(10)23)27-22-12-7-17(33-2)13(6-15(12)25-9-26-22)19(30)18(24)21(32)20(31)16(29)8-28/h3-7,9,16,18-21,28-32H,8H2,1-2H3,(H,25,26,27)/t16-,18-,19?,20+,21+/m1/s1. The third-order valence-corrected chi connectivity index (χ3v) is 6.15. The molecule has 2 aromatic carbocycles. The van der Waals surface area contributed by atoms with Crippen molar-refractivity contribution in [2.24, 2.45) is 0 Å². The number of aliphatic hydroxyl groups excluding tert-OH is 5. The van der Waals surface area contributed by atoms with Gasteiger partial charge in [0.15, 0.2) is 6.17 Å². The molecule has 6 N–H and O–H groups in total. The minimum absolute atomic E-state index is 0.0232. The van der Waals surface area contributed by atoms with E-state index in [2.05, 4.69) is 31.2 Å². The number of hydrogen-bond donors (Lipinski definition) is 6. The van der Waals surface area contributed by atoms with Gasteiger partial charge in [0, 0.05) is 21.1 Å². The predicted octanol–water partition coefficient (Wildman–Crippen LogP) is 1.90. The Kier molecular flexibility index (Phi) is 8.16. The van der Waals surface area contributed by atoms with E-state index in [1.165, 1.54) is 25.6 Å². The minimum Gasteiger partial charge on any atom is -0.496 e. The maximum Gasteiger partial charge on any atom is 0.159 e. The molecular weight excluding hydrogens is 501 g/mol. The summed E-state index contributed by atoms with van der Waals surface area (Å²) in [4.78, 5) is 8.45. The smallest absolute Gasteiger partial charge is 0.159 e. The first-order valence-corrected chi connectivity index (χ1v) is 10.8. The second kappa shape index (κ2) is 10.7. The number of anilines is 2. The molecule has 0 fully saturated rings. The van der Waals surface area contributed by atoms with E-state index in [9.17, 15) is 24.8 Å². The number of nitrogens with one attached hydrogen (secondary N) is 1. The van der Waals surface area contributed by atoms with Crippen molar-refractivity contribution in [1.82, 2.24) is 9.97 Å². The van der Waals surface area contributed by atoms with Crippen LogP contribution in [0.5, 0.6) is 5.75 Å². The van der Waals surface area contributed by atoms with Crippen molar-refractivity contribution in [3.63, 3.8) is 0 Å². The van der Waals surface area contributed by atoms with Crippen LogP contribution in [0.1, 0.15) is 17.2 Å². The summed E-state index contributed by atoms with van der Waals surface area (Å²) in [7, 11) is 1.33. The molecule has 0 amide bonds. The second-order valence-electron chi connectivity index (χ2n) is 7.54. The number of aryl methyl sites for hydroxylation is 1. The van der Waals surface area contributed by atoms with Crippen molar-refractivity contribution in [3.05, 3.63) is 52.3 Å². The number of ether oxygens (including phenoxy) is 1. The third-order valence-electron chi connectivity index (χ3n) is 5.30. The van der Waals surface area contributed by atoms with E-state index in [0.29, 0.717) is 16.7 Å². The number of aromatic nitrogens is 2. The molecule has 1 unspecified atom stereocenters. The Hall–Kier alpha value is -2.41. The summed E-state index contributed by atoms with van der Waals surface area (Å²) in [5.74, 6) is 0.554. The molecule has 0 aliphatic rings. The quantitative estimate of drug-likeness (QED) is 0.246. The normalized spacial score (nSPS) is 16.2. The van der Waals surface area contributed by atoms with Gasteiger partial charge in [-0.3, -0.25) is 0 Å². The highest BCUT2D eigenvalue weighted by Crippen LogP contribution is 2.36. The Bertz CT molecular complexity index is 1120. The van der Waals surface area contributed by atoms with Gasteiger partial charge < -0.3 is 35.6 Å². The molecule has 3 rings (SSSR count). The van der Waals surface area contributed by atoms with Crippen LogP contribution in [0, 0.1) is 6.92 Å². The number of fused-ring (bicyclic) bond motifs is 1. The maximum absolute atomic E-state index is 14.8. The second-order valence-corrected chi connectivity index (χ2v) is 8.40. The van der Waals surface area contributed by atoms with Crippen LogP contribution in [-0.2, 0) is 0 Å². The van der Waals surface area contributed by atoms with Crippen molar-refractivity contribution in [1.29, 1.82) is 0 Å². The van der Waals surface area contributed by atoms with E-state index >= 15 is 0 Å². The van der Waals surface area contributed by atoms with E-state index in [-0.39, 0.29) is 11.3 Å². The van der Waals surface area contributed by atoms with Crippen LogP contribution in [0.25, 0.3) is 10.9 Å². The molecule has 0 aliphatic heterocycles. The number of rotatable bonds is 9. The summed E-state index contributed by atoms with van der Waals surface area (Å²) in [6.07, 6.45) is -8.94. The number of halogens is 2. The van der Waals surface area contributed by atoms with Crippen LogP contribution in [0.2, 0.25) is 0 Å². The summed E-state index contributed by atoms with van der Waals surface area (Å²) in [6.45, 7) is 1.08. The molecule has 0 saturated heterocycles. The van der Waals surface area contributed by atoms with Crippen molar-refractivity contribution >= 4 is 38.3 Å². The van der Waals surface area contributed by atoms with Crippen molar-refractivity contribution < 1.29 is 34.7 Å². The first-order valence-electron chi connectivity index (χ1n) is 10.0. The largest absolute Gasteiger partial charge is 0.496 e. The van der Waals surface area contributed by atoms with Crippen LogP contribution >= 0.6 is 15.9 Å². The van der Waals surface area contributed by atoms with Crippen LogP contribution in [0.4, 0.5) is 15.9 Å².